The minimum Gasteiger partial charge on any atom is -0.429 e. The van der Waals surface area contributed by atoms with Crippen molar-refractivity contribution in [3.8, 4) is 33.8 Å². The molecule has 4 rings (SSSR count). The summed E-state index contributed by atoms with van der Waals surface area (Å²) in [4.78, 5) is 0. The normalized spacial score (nSPS) is 11.9. The molecule has 0 bridgehead atoms. The molecular formula is C27H17F7O2. The second kappa shape index (κ2) is 9.56. The first kappa shape index (κ1) is 25.1. The lowest BCUT2D eigenvalue weighted by molar-refractivity contribution is -0.274. The highest BCUT2D eigenvalue weighted by Crippen LogP contribution is 2.36. The Hall–Kier alpha value is -4.01. The third-order valence-corrected chi connectivity index (χ3v) is 5.24. The fourth-order valence-electron chi connectivity index (χ4n) is 3.51. The Morgan fingerprint density at radius 2 is 1.03 bits per heavy atom. The van der Waals surface area contributed by atoms with Gasteiger partial charge in [-0.2, -0.15) is 8.78 Å². The monoisotopic (exact) mass is 506 g/mol. The molecule has 0 heterocycles. The highest BCUT2D eigenvalue weighted by atomic mass is 19.4. The fourth-order valence-corrected chi connectivity index (χ4v) is 3.51. The lowest BCUT2D eigenvalue weighted by Gasteiger charge is -2.19. The van der Waals surface area contributed by atoms with Crippen LogP contribution in [-0.2, 0) is 6.11 Å². The molecule has 2 nitrogen and oxygen atoms in total. The Morgan fingerprint density at radius 1 is 0.556 bits per heavy atom. The smallest absolute Gasteiger partial charge is 0.429 e. The molecule has 9 heteroatoms. The van der Waals surface area contributed by atoms with Gasteiger partial charge in [0.05, 0.1) is 11.1 Å². The Labute approximate surface area is 201 Å². The SMILES string of the molecule is Cc1ccc(-c2cc(F)c(-c3ccc(C(F)(F)Oc4ccc(OC(F)(F)F)cc4)cc3)c(F)c2)cc1. The minimum atomic E-state index is -4.92. The summed E-state index contributed by atoms with van der Waals surface area (Å²) in [5.41, 5.74) is 0.978. The number of hydrogen-bond acceptors (Lipinski definition) is 2. The number of aryl methyl sites for hydroxylation is 1. The van der Waals surface area contributed by atoms with Gasteiger partial charge in [-0.25, -0.2) is 8.78 Å². The predicted octanol–water partition coefficient (Wildman–Crippen LogP) is 8.63. The summed E-state index contributed by atoms with van der Waals surface area (Å²) in [6.45, 7) is 1.88. The number of halogens is 7. The molecule has 4 aromatic carbocycles. The zero-order valence-corrected chi connectivity index (χ0v) is 18.5. The first-order valence-corrected chi connectivity index (χ1v) is 10.5. The van der Waals surface area contributed by atoms with E-state index in [1.54, 1.807) is 12.1 Å². The van der Waals surface area contributed by atoms with Crippen molar-refractivity contribution >= 4 is 0 Å². The van der Waals surface area contributed by atoms with E-state index in [9.17, 15) is 30.7 Å². The summed E-state index contributed by atoms with van der Waals surface area (Å²) >= 11 is 0. The lowest BCUT2D eigenvalue weighted by Crippen LogP contribution is -2.22. The van der Waals surface area contributed by atoms with E-state index in [2.05, 4.69) is 9.47 Å². The summed E-state index contributed by atoms with van der Waals surface area (Å²) < 4.78 is 104. The summed E-state index contributed by atoms with van der Waals surface area (Å²) in [6.07, 6.45) is -8.80. The van der Waals surface area contributed by atoms with Gasteiger partial charge in [0.2, 0.25) is 0 Å². The average Bonchev–Trinajstić information content (AvgIpc) is 2.80. The second-order valence-corrected chi connectivity index (χ2v) is 7.90. The molecule has 0 N–H and O–H groups in total. The van der Waals surface area contributed by atoms with Gasteiger partial charge in [0.15, 0.2) is 0 Å². The number of ether oxygens (including phenoxy) is 2. The molecule has 0 radical (unpaired) electrons. The summed E-state index contributed by atoms with van der Waals surface area (Å²) in [7, 11) is 0. The summed E-state index contributed by atoms with van der Waals surface area (Å²) in [6, 6.07) is 17.0. The highest BCUT2D eigenvalue weighted by Gasteiger charge is 2.35. The van der Waals surface area contributed by atoms with Crippen LogP contribution >= 0.6 is 0 Å². The summed E-state index contributed by atoms with van der Waals surface area (Å²) in [5.74, 6) is -2.73. The molecule has 0 spiro atoms. The van der Waals surface area contributed by atoms with E-state index >= 15 is 0 Å². The summed E-state index contributed by atoms with van der Waals surface area (Å²) in [5, 5.41) is 0. The Kier molecular flexibility index (Phi) is 6.67. The van der Waals surface area contributed by atoms with Crippen molar-refractivity contribution in [2.75, 3.05) is 0 Å². The van der Waals surface area contributed by atoms with Crippen molar-refractivity contribution in [3.05, 3.63) is 108 Å². The van der Waals surface area contributed by atoms with Crippen LogP contribution in [0.25, 0.3) is 22.3 Å². The van der Waals surface area contributed by atoms with E-state index in [0.717, 1.165) is 54.1 Å². The van der Waals surface area contributed by atoms with Crippen molar-refractivity contribution in [1.82, 2.24) is 0 Å². The van der Waals surface area contributed by atoms with Crippen LogP contribution in [0.1, 0.15) is 11.1 Å². The zero-order valence-electron chi connectivity index (χ0n) is 18.5. The molecule has 0 aliphatic rings. The molecular weight excluding hydrogens is 489 g/mol. The number of hydrogen-bond donors (Lipinski definition) is 0. The molecule has 0 fully saturated rings. The van der Waals surface area contributed by atoms with Gasteiger partial charge in [-0.05, 0) is 72.1 Å². The molecule has 0 atom stereocenters. The van der Waals surface area contributed by atoms with Gasteiger partial charge in [0, 0.05) is 0 Å². The van der Waals surface area contributed by atoms with Gasteiger partial charge in [0.1, 0.15) is 23.1 Å². The molecule has 0 aliphatic heterocycles. The van der Waals surface area contributed by atoms with Crippen LogP contribution in [0, 0.1) is 18.6 Å². The van der Waals surface area contributed by atoms with Crippen LogP contribution in [0.3, 0.4) is 0 Å². The van der Waals surface area contributed by atoms with E-state index < -0.39 is 41.2 Å². The third kappa shape index (κ3) is 5.79. The molecule has 0 amide bonds. The number of rotatable bonds is 6. The van der Waals surface area contributed by atoms with Gasteiger partial charge < -0.3 is 9.47 Å². The molecule has 186 valence electrons. The van der Waals surface area contributed by atoms with E-state index in [-0.39, 0.29) is 11.1 Å². The van der Waals surface area contributed by atoms with Crippen molar-refractivity contribution in [3.63, 3.8) is 0 Å². The fraction of sp³-hybridized carbons (Fsp3) is 0.111. The van der Waals surface area contributed by atoms with Crippen molar-refractivity contribution in [1.29, 1.82) is 0 Å². The molecule has 0 aromatic heterocycles. The molecule has 0 saturated carbocycles. The molecule has 4 aromatic rings. The van der Waals surface area contributed by atoms with Gasteiger partial charge in [0.25, 0.3) is 0 Å². The van der Waals surface area contributed by atoms with Crippen LogP contribution in [0.4, 0.5) is 30.7 Å². The van der Waals surface area contributed by atoms with Gasteiger partial charge in [-0.15, -0.1) is 13.2 Å². The zero-order chi connectivity index (χ0) is 26.1. The van der Waals surface area contributed by atoms with Crippen molar-refractivity contribution in [2.24, 2.45) is 0 Å². The first-order valence-electron chi connectivity index (χ1n) is 10.5. The van der Waals surface area contributed by atoms with Gasteiger partial charge >= 0.3 is 12.5 Å². The van der Waals surface area contributed by atoms with Crippen molar-refractivity contribution < 1.29 is 40.2 Å². The van der Waals surface area contributed by atoms with Crippen LogP contribution in [0.5, 0.6) is 11.5 Å². The van der Waals surface area contributed by atoms with Crippen LogP contribution in [0.2, 0.25) is 0 Å². The maximum atomic E-state index is 14.8. The highest BCUT2D eigenvalue weighted by molar-refractivity contribution is 5.72. The predicted molar refractivity (Wildman–Crippen MR) is 120 cm³/mol. The average molecular weight is 506 g/mol. The Morgan fingerprint density at radius 3 is 1.53 bits per heavy atom. The third-order valence-electron chi connectivity index (χ3n) is 5.24. The lowest BCUT2D eigenvalue weighted by atomic mass is 9.97. The van der Waals surface area contributed by atoms with Crippen LogP contribution in [0.15, 0.2) is 84.9 Å². The maximum absolute atomic E-state index is 14.8. The van der Waals surface area contributed by atoms with Crippen LogP contribution < -0.4 is 9.47 Å². The first-order chi connectivity index (χ1) is 16.9. The standard InChI is InChI=1S/C27H17F7O2/c1-16-2-4-17(5-3-16)19-14-23(28)25(24(29)15-19)18-6-8-20(9-7-18)26(30,31)35-21-10-12-22(13-11-21)36-27(32,33)34/h2-15H,1H3. The van der Waals surface area contributed by atoms with E-state index in [0.29, 0.717) is 11.1 Å². The van der Waals surface area contributed by atoms with Gasteiger partial charge in [-0.3, -0.25) is 0 Å². The molecule has 0 unspecified atom stereocenters. The number of alkyl halides is 5. The maximum Gasteiger partial charge on any atom is 0.573 e. The minimum absolute atomic E-state index is 0.0358. The second-order valence-electron chi connectivity index (χ2n) is 7.90. The van der Waals surface area contributed by atoms with E-state index in [1.807, 2.05) is 19.1 Å². The Bertz CT molecular complexity index is 1320. The molecule has 0 aliphatic carbocycles. The Balaban J connectivity index is 1.53. The quantitative estimate of drug-likeness (QED) is 0.244. The molecule has 0 saturated heterocycles. The van der Waals surface area contributed by atoms with Crippen molar-refractivity contribution in [2.45, 2.75) is 19.4 Å². The topological polar surface area (TPSA) is 18.5 Å². The number of benzene rings is 4. The van der Waals surface area contributed by atoms with E-state index in [1.165, 1.54) is 12.1 Å². The van der Waals surface area contributed by atoms with Crippen LogP contribution in [-0.4, -0.2) is 6.36 Å². The van der Waals surface area contributed by atoms with E-state index in [4.69, 9.17) is 0 Å². The largest absolute Gasteiger partial charge is 0.573 e. The van der Waals surface area contributed by atoms with Gasteiger partial charge in [-0.1, -0.05) is 42.0 Å². The molecule has 36 heavy (non-hydrogen) atoms.